The first-order valence-corrected chi connectivity index (χ1v) is 31.9. The van der Waals surface area contributed by atoms with Gasteiger partial charge in [-0.3, -0.25) is 0 Å². The topological polar surface area (TPSA) is 114 Å². The van der Waals surface area contributed by atoms with E-state index in [4.69, 9.17) is 25.9 Å². The number of halogens is 6. The quantitative estimate of drug-likeness (QED) is 0.0353. The molecule has 0 saturated carbocycles. The van der Waals surface area contributed by atoms with Gasteiger partial charge in [-0.05, 0) is 97.1 Å². The van der Waals surface area contributed by atoms with Crippen LogP contribution in [0.3, 0.4) is 0 Å². The summed E-state index contributed by atoms with van der Waals surface area (Å²) >= 11 is 0. The number of alkyl halides is 6. The number of benzene rings is 8. The molecule has 0 amide bonds. The van der Waals surface area contributed by atoms with Crippen LogP contribution in [-0.2, 0) is 36.7 Å². The van der Waals surface area contributed by atoms with Crippen LogP contribution in [0.2, 0.25) is 0 Å². The Labute approximate surface area is 438 Å². The molecule has 0 aliphatic heterocycles. The molecule has 0 aromatic heterocycles. The molecule has 0 fully saturated rings. The molecule has 0 spiro atoms. The van der Waals surface area contributed by atoms with Gasteiger partial charge < -0.3 is 9.11 Å². The fourth-order valence-electron chi connectivity index (χ4n) is 7.44. The summed E-state index contributed by atoms with van der Waals surface area (Å²) in [6.07, 6.45) is 5.04. The van der Waals surface area contributed by atoms with Crippen molar-refractivity contribution in [3.63, 3.8) is 0 Å². The summed E-state index contributed by atoms with van der Waals surface area (Å²) in [6, 6.07) is 89.0. The van der Waals surface area contributed by atoms with Gasteiger partial charge >= 0.3 is 27.5 Å². The zero-order valence-corrected chi connectivity index (χ0v) is 45.4. The first-order chi connectivity index (χ1) is 34.3. The van der Waals surface area contributed by atoms with E-state index >= 15 is 0 Å². The van der Waals surface area contributed by atoms with Crippen LogP contribution in [0.4, 0.5) is 26.3 Å². The summed E-state index contributed by atoms with van der Waals surface area (Å²) in [5.41, 5.74) is -11.3. The Kier molecular flexibility index (Phi) is 25.1. The van der Waals surface area contributed by atoms with Crippen molar-refractivity contribution in [3.05, 3.63) is 243 Å². The second kappa shape index (κ2) is 30.1. The van der Waals surface area contributed by atoms with Gasteiger partial charge in [0.15, 0.2) is 20.2 Å². The van der Waals surface area contributed by atoms with Crippen molar-refractivity contribution in [1.82, 2.24) is 0 Å². The van der Waals surface area contributed by atoms with Crippen LogP contribution in [0.1, 0.15) is 0 Å². The molecule has 0 aliphatic rings. The summed E-state index contributed by atoms with van der Waals surface area (Å²) < 4.78 is 118. The maximum absolute atomic E-state index is 10.7. The van der Waals surface area contributed by atoms with Gasteiger partial charge in [0.25, 0.3) is 0 Å². The average molecular weight is 1160 g/mol. The summed E-state index contributed by atoms with van der Waals surface area (Å²) in [7, 11) is -15.3. The molecule has 0 N–H and O–H groups in total. The van der Waals surface area contributed by atoms with E-state index < -0.39 is 62.9 Å². The third-order valence-electron chi connectivity index (χ3n) is 10.8. The molecule has 6 nitrogen and oxygen atoms in total. The van der Waals surface area contributed by atoms with Gasteiger partial charge in [0.05, 0.1) is 74.1 Å². The summed E-state index contributed by atoms with van der Waals surface area (Å²) in [5.74, 6) is 0. The maximum Gasteiger partial charge on any atom is 2.00 e. The Balaban J connectivity index is 0.000000242. The fourth-order valence-corrected chi connectivity index (χ4v) is 19.8. The van der Waals surface area contributed by atoms with E-state index in [2.05, 4.69) is 243 Å². The Morgan fingerprint density at radius 3 is 0.452 bits per heavy atom. The zero-order valence-electron chi connectivity index (χ0n) is 38.8. The molecule has 0 saturated heterocycles. The molecule has 0 bridgehead atoms. The first-order valence-electron chi connectivity index (χ1n) is 22.2. The van der Waals surface area contributed by atoms with Gasteiger partial charge in [-0.15, -0.1) is 0 Å². The molecule has 0 aliphatic carbocycles. The second-order valence-electron chi connectivity index (χ2n) is 15.6. The van der Waals surface area contributed by atoms with Crippen LogP contribution >= 0.6 is 31.7 Å². The number of hydrogen-bond acceptors (Lipinski definition) is 6. The first kappa shape index (κ1) is 60.9. The Morgan fingerprint density at radius 2 is 0.370 bits per heavy atom. The molecule has 73 heavy (non-hydrogen) atoms. The summed E-state index contributed by atoms with van der Waals surface area (Å²) in [6.45, 7) is 0. The summed E-state index contributed by atoms with van der Waals surface area (Å²) in [5, 5.41) is 12.1. The van der Waals surface area contributed by atoms with E-state index in [-0.39, 0.29) is 16.5 Å². The molecular weight excluding hydrogens is 1110 g/mol. The minimum atomic E-state index is -6.09. The van der Waals surface area contributed by atoms with Gasteiger partial charge in [0.2, 0.25) is 0 Å². The zero-order chi connectivity index (χ0) is 52.0. The molecule has 8 aromatic carbocycles. The SMILES string of the molecule is O=S(=O)([O-])C(F)(F)F.O=S(=O)([O-])C(F)(F)F.[Ni+2].c1ccc([PH+](CC[PH+](c2ccccc2)c2ccccc2)c2ccccc2)cc1.c1ccc([PH+](CC[PH+](c2ccccc2)c2ccccc2)c2ccccc2)cc1. The Morgan fingerprint density at radius 1 is 0.274 bits per heavy atom. The molecular formula is C54H52F6NiO6P4S2+4. The van der Waals surface area contributed by atoms with Gasteiger partial charge in [0.1, 0.15) is 24.6 Å². The molecule has 8 aromatic rings. The van der Waals surface area contributed by atoms with E-state index in [1.54, 1.807) is 0 Å². The van der Waals surface area contributed by atoms with Crippen molar-refractivity contribution in [3.8, 4) is 0 Å². The van der Waals surface area contributed by atoms with Crippen LogP contribution in [0.5, 0.6) is 0 Å². The van der Waals surface area contributed by atoms with Crippen molar-refractivity contribution in [2.24, 2.45) is 0 Å². The molecule has 0 heterocycles. The van der Waals surface area contributed by atoms with E-state index in [0.29, 0.717) is 0 Å². The van der Waals surface area contributed by atoms with Crippen molar-refractivity contribution in [2.75, 3.05) is 24.6 Å². The third kappa shape index (κ3) is 20.2. The Hall–Kier alpha value is -4.63. The second-order valence-corrected chi connectivity index (χ2v) is 28.8. The molecule has 0 unspecified atom stereocenters. The fraction of sp³-hybridized carbons (Fsp3) is 0.111. The normalized spacial score (nSPS) is 11.6. The Bertz CT molecular complexity index is 2470. The number of hydrogen-bond donors (Lipinski definition) is 0. The van der Waals surface area contributed by atoms with Crippen molar-refractivity contribution >= 4 is 94.4 Å². The minimum Gasteiger partial charge on any atom is -0.741 e. The maximum atomic E-state index is 10.7. The van der Waals surface area contributed by atoms with Gasteiger partial charge in [0, 0.05) is 0 Å². The van der Waals surface area contributed by atoms with Gasteiger partial charge in [-0.2, -0.15) is 26.3 Å². The molecule has 19 heteroatoms. The van der Waals surface area contributed by atoms with Crippen LogP contribution in [-0.4, -0.2) is 61.6 Å². The van der Waals surface area contributed by atoms with E-state index in [1.807, 2.05) is 0 Å². The van der Waals surface area contributed by atoms with Crippen LogP contribution < -0.4 is 42.4 Å². The smallest absolute Gasteiger partial charge is 0.741 e. The summed E-state index contributed by atoms with van der Waals surface area (Å²) in [4.78, 5) is 0. The van der Waals surface area contributed by atoms with Gasteiger partial charge in [-0.25, -0.2) is 16.8 Å². The van der Waals surface area contributed by atoms with Crippen molar-refractivity contribution < 1.29 is 68.8 Å². The largest absolute Gasteiger partial charge is 2.00 e. The van der Waals surface area contributed by atoms with Crippen LogP contribution in [0.25, 0.3) is 0 Å². The standard InChI is InChI=1S/2C26H24P2.2CHF3O3S.Ni/c2*1-5-13-23(14-6-1)27(24-15-7-2-8-16-24)21-22-28(25-17-9-3-10-18-25)26-19-11-4-12-20-26;2*2-1(3,4)8(5,6)7;/h2*1-20H,21-22H2;2*(H,5,6,7);/q;;;;+2/p+2. The van der Waals surface area contributed by atoms with E-state index in [1.165, 1.54) is 67.1 Å². The molecule has 0 radical (unpaired) electrons. The number of rotatable bonds is 14. The molecule has 384 valence electrons. The minimum absolute atomic E-state index is 0. The third-order valence-corrected chi connectivity index (χ3v) is 24.2. The van der Waals surface area contributed by atoms with Crippen LogP contribution in [0.15, 0.2) is 243 Å². The average Bonchev–Trinajstić information content (AvgIpc) is 3.38. The monoisotopic (exact) mass is 1160 g/mol. The van der Waals surface area contributed by atoms with Crippen molar-refractivity contribution in [2.45, 2.75) is 11.0 Å². The van der Waals surface area contributed by atoms with Gasteiger partial charge in [-0.1, -0.05) is 146 Å². The predicted octanol–water partition coefficient (Wildman–Crippen LogP) is 9.53. The molecule has 8 rings (SSSR count). The van der Waals surface area contributed by atoms with Crippen molar-refractivity contribution in [1.29, 1.82) is 0 Å². The molecule has 0 atom stereocenters. The van der Waals surface area contributed by atoms with E-state index in [9.17, 15) is 26.3 Å². The van der Waals surface area contributed by atoms with E-state index in [0.717, 1.165) is 0 Å². The predicted molar refractivity (Wildman–Crippen MR) is 293 cm³/mol. The van der Waals surface area contributed by atoms with Crippen LogP contribution in [0, 0.1) is 0 Å².